The molecule has 1 aromatic heterocycles. The predicted octanol–water partition coefficient (Wildman–Crippen LogP) is 4.02. The van der Waals surface area contributed by atoms with Crippen LogP contribution in [0.3, 0.4) is 0 Å². The molecule has 3 unspecified atom stereocenters. The van der Waals surface area contributed by atoms with Gasteiger partial charge in [-0.05, 0) is 69.0 Å². The van der Waals surface area contributed by atoms with E-state index in [1.807, 2.05) is 38.1 Å². The van der Waals surface area contributed by atoms with Crippen LogP contribution in [-0.2, 0) is 11.4 Å². The van der Waals surface area contributed by atoms with Gasteiger partial charge in [-0.2, -0.15) is 0 Å². The van der Waals surface area contributed by atoms with Crippen LogP contribution < -0.4 is 10.1 Å². The summed E-state index contributed by atoms with van der Waals surface area (Å²) in [6, 6.07) is 15.0. The van der Waals surface area contributed by atoms with Gasteiger partial charge in [0.25, 0.3) is 5.91 Å². The zero-order valence-electron chi connectivity index (χ0n) is 19.5. The number of nitrogens with zero attached hydrogens (tertiary/aromatic N) is 1. The number of rotatable bonds is 7. The molecule has 3 atom stereocenters. The highest BCUT2D eigenvalue weighted by Gasteiger charge is 2.36. The predicted molar refractivity (Wildman–Crippen MR) is 129 cm³/mol. The van der Waals surface area contributed by atoms with Crippen LogP contribution in [0.15, 0.2) is 48.5 Å². The van der Waals surface area contributed by atoms with Crippen LogP contribution in [0.5, 0.6) is 5.75 Å². The van der Waals surface area contributed by atoms with E-state index in [-0.39, 0.29) is 12.5 Å². The number of hydrogen-bond donors (Lipinski definition) is 3. The normalized spacial score (nSPS) is 20.1. The van der Waals surface area contributed by atoms with E-state index in [0.717, 1.165) is 27.7 Å². The van der Waals surface area contributed by atoms with E-state index in [2.05, 4.69) is 10.3 Å². The van der Waals surface area contributed by atoms with Crippen molar-refractivity contribution in [3.05, 3.63) is 70.9 Å². The molecule has 0 bridgehead atoms. The molecule has 0 spiro atoms. The number of aliphatic hydroxyl groups excluding tert-OH is 1. The SMILES string of the molecule is Cc1cc(COc2ccc(C(=O)NCC3C(O)CCCC3C(=O)O)cc2)c2cccc(C)c2n1. The zero-order valence-corrected chi connectivity index (χ0v) is 19.5. The molecule has 3 N–H and O–H groups in total. The second-order valence-corrected chi connectivity index (χ2v) is 9.02. The van der Waals surface area contributed by atoms with Crippen molar-refractivity contribution in [2.45, 2.75) is 45.8 Å². The Labute approximate surface area is 198 Å². The van der Waals surface area contributed by atoms with Gasteiger partial charge in [-0.15, -0.1) is 0 Å². The van der Waals surface area contributed by atoms with Crippen molar-refractivity contribution in [1.82, 2.24) is 10.3 Å². The topological polar surface area (TPSA) is 109 Å². The summed E-state index contributed by atoms with van der Waals surface area (Å²) < 4.78 is 5.98. The van der Waals surface area contributed by atoms with Gasteiger partial charge >= 0.3 is 5.97 Å². The van der Waals surface area contributed by atoms with Crippen molar-refractivity contribution in [2.75, 3.05) is 6.54 Å². The van der Waals surface area contributed by atoms with Crippen LogP contribution >= 0.6 is 0 Å². The molecule has 178 valence electrons. The van der Waals surface area contributed by atoms with Crippen molar-refractivity contribution >= 4 is 22.8 Å². The van der Waals surface area contributed by atoms with Crippen molar-refractivity contribution in [2.24, 2.45) is 11.8 Å². The fourth-order valence-electron chi connectivity index (χ4n) is 4.73. The Morgan fingerprint density at radius 2 is 1.88 bits per heavy atom. The second kappa shape index (κ2) is 10.2. The van der Waals surface area contributed by atoms with E-state index in [9.17, 15) is 19.8 Å². The molecule has 2 aromatic carbocycles. The van der Waals surface area contributed by atoms with E-state index in [1.165, 1.54) is 0 Å². The monoisotopic (exact) mass is 462 g/mol. The smallest absolute Gasteiger partial charge is 0.306 e. The number of aliphatic carboxylic acids is 1. The average Bonchev–Trinajstić information content (AvgIpc) is 2.82. The van der Waals surface area contributed by atoms with Gasteiger partial charge in [-0.1, -0.05) is 18.2 Å². The summed E-state index contributed by atoms with van der Waals surface area (Å²) in [6.45, 7) is 4.52. The highest BCUT2D eigenvalue weighted by Crippen LogP contribution is 2.30. The van der Waals surface area contributed by atoms with Crippen molar-refractivity contribution in [1.29, 1.82) is 0 Å². The minimum Gasteiger partial charge on any atom is -0.489 e. The lowest BCUT2D eigenvalue weighted by atomic mass is 9.77. The molecule has 0 aliphatic heterocycles. The number of ether oxygens (including phenoxy) is 1. The number of carboxylic acid groups (broad SMARTS) is 1. The molecular formula is C27H30N2O5. The number of benzene rings is 2. The van der Waals surface area contributed by atoms with Crippen molar-refractivity contribution < 1.29 is 24.5 Å². The Kier molecular flexibility index (Phi) is 7.12. The zero-order chi connectivity index (χ0) is 24.2. The molecule has 4 rings (SSSR count). The molecule has 1 aliphatic carbocycles. The van der Waals surface area contributed by atoms with Gasteiger partial charge in [0, 0.05) is 34.7 Å². The lowest BCUT2D eigenvalue weighted by Gasteiger charge is -2.33. The summed E-state index contributed by atoms with van der Waals surface area (Å²) in [4.78, 5) is 28.7. The number of fused-ring (bicyclic) bond motifs is 1. The number of aromatic nitrogens is 1. The first kappa shape index (κ1) is 23.7. The quantitative estimate of drug-likeness (QED) is 0.489. The first-order valence-electron chi connectivity index (χ1n) is 11.6. The maximum Gasteiger partial charge on any atom is 0.306 e. The average molecular weight is 463 g/mol. The number of carbonyl (C=O) groups is 2. The Hall–Kier alpha value is -3.45. The van der Waals surface area contributed by atoms with Gasteiger partial charge in [0.1, 0.15) is 12.4 Å². The standard InChI is InChI=1S/C27H30N2O5/c1-16-5-3-6-21-19(13-17(2)29-25(16)21)15-34-20-11-9-18(10-12-20)26(31)28-14-23-22(27(32)33)7-4-8-24(23)30/h3,5-6,9-13,22-24,30H,4,7-8,14-15H2,1-2H3,(H,28,31)(H,32,33). The minimum absolute atomic E-state index is 0.128. The van der Waals surface area contributed by atoms with E-state index in [4.69, 9.17) is 4.74 Å². The number of nitrogens with one attached hydrogen (secondary N) is 1. The third-order valence-electron chi connectivity index (χ3n) is 6.61. The number of aliphatic hydroxyl groups is 1. The van der Waals surface area contributed by atoms with Gasteiger partial charge in [0.2, 0.25) is 0 Å². The number of carboxylic acids is 1. The van der Waals surface area contributed by atoms with Crippen LogP contribution in [0.1, 0.15) is 46.4 Å². The molecule has 3 aromatic rings. The lowest BCUT2D eigenvalue weighted by molar-refractivity contribution is -0.147. The fraction of sp³-hybridized carbons (Fsp3) is 0.370. The summed E-state index contributed by atoms with van der Waals surface area (Å²) in [7, 11) is 0. The number of amides is 1. The van der Waals surface area contributed by atoms with Gasteiger partial charge in [-0.25, -0.2) is 0 Å². The highest BCUT2D eigenvalue weighted by atomic mass is 16.5. The maximum absolute atomic E-state index is 12.6. The van der Waals surface area contributed by atoms with E-state index >= 15 is 0 Å². The number of para-hydroxylation sites is 1. The van der Waals surface area contributed by atoms with Crippen LogP contribution in [0.2, 0.25) is 0 Å². The lowest BCUT2D eigenvalue weighted by Crippen LogP contribution is -2.44. The summed E-state index contributed by atoms with van der Waals surface area (Å²) in [5.41, 5.74) is 4.52. The Morgan fingerprint density at radius 3 is 2.62 bits per heavy atom. The van der Waals surface area contributed by atoms with E-state index < -0.39 is 23.9 Å². The third kappa shape index (κ3) is 5.20. The first-order chi connectivity index (χ1) is 16.3. The first-order valence-corrected chi connectivity index (χ1v) is 11.6. The number of hydrogen-bond acceptors (Lipinski definition) is 5. The summed E-state index contributed by atoms with van der Waals surface area (Å²) in [5.74, 6) is -1.72. The number of carbonyl (C=O) groups excluding carboxylic acids is 1. The highest BCUT2D eigenvalue weighted by molar-refractivity contribution is 5.94. The largest absolute Gasteiger partial charge is 0.489 e. The molecule has 1 aliphatic rings. The van der Waals surface area contributed by atoms with Crippen molar-refractivity contribution in [3.63, 3.8) is 0 Å². The van der Waals surface area contributed by atoms with E-state index in [1.54, 1.807) is 24.3 Å². The molecular weight excluding hydrogens is 432 g/mol. The third-order valence-corrected chi connectivity index (χ3v) is 6.61. The van der Waals surface area contributed by atoms with Crippen LogP contribution in [0.25, 0.3) is 10.9 Å². The molecule has 0 radical (unpaired) electrons. The molecule has 1 amide bonds. The summed E-state index contributed by atoms with van der Waals surface area (Å²) in [5, 5.41) is 23.5. The minimum atomic E-state index is -0.924. The molecule has 7 heteroatoms. The van der Waals surface area contributed by atoms with Crippen molar-refractivity contribution in [3.8, 4) is 5.75 Å². The van der Waals surface area contributed by atoms with Gasteiger partial charge < -0.3 is 20.3 Å². The molecule has 34 heavy (non-hydrogen) atoms. The molecule has 1 fully saturated rings. The van der Waals surface area contributed by atoms with Crippen LogP contribution in [-0.4, -0.2) is 39.7 Å². The van der Waals surface area contributed by atoms with E-state index in [0.29, 0.717) is 37.2 Å². The van der Waals surface area contributed by atoms with Gasteiger partial charge in [-0.3, -0.25) is 14.6 Å². The molecule has 1 saturated carbocycles. The fourth-order valence-corrected chi connectivity index (χ4v) is 4.73. The number of pyridine rings is 1. The molecule has 0 saturated heterocycles. The summed E-state index contributed by atoms with van der Waals surface area (Å²) in [6.07, 6.45) is 1.04. The van der Waals surface area contributed by atoms with Crippen LogP contribution in [0.4, 0.5) is 0 Å². The Balaban J connectivity index is 1.38. The van der Waals surface area contributed by atoms with Gasteiger partial charge in [0.05, 0.1) is 17.5 Å². The Bertz CT molecular complexity index is 1190. The molecule has 7 nitrogen and oxygen atoms in total. The summed E-state index contributed by atoms with van der Waals surface area (Å²) >= 11 is 0. The van der Waals surface area contributed by atoms with Crippen LogP contribution in [0, 0.1) is 25.7 Å². The maximum atomic E-state index is 12.6. The number of aryl methyl sites for hydroxylation is 2. The second-order valence-electron chi connectivity index (χ2n) is 9.02. The molecule has 1 heterocycles. The van der Waals surface area contributed by atoms with Gasteiger partial charge in [0.15, 0.2) is 0 Å². The Morgan fingerprint density at radius 1 is 1.12 bits per heavy atom.